The van der Waals surface area contributed by atoms with Crippen molar-refractivity contribution in [3.63, 3.8) is 0 Å². The van der Waals surface area contributed by atoms with E-state index in [9.17, 15) is 4.39 Å². The predicted octanol–water partition coefficient (Wildman–Crippen LogP) is 4.12. The van der Waals surface area contributed by atoms with E-state index >= 15 is 0 Å². The van der Waals surface area contributed by atoms with E-state index in [-0.39, 0.29) is 41.6 Å². The zero-order valence-electron chi connectivity index (χ0n) is 15.9. The second kappa shape index (κ2) is 10.8. The standard InChI is InChI=1S/C21H23FN4O.HI/c1-15(27-19-11-4-3-10-18(19)22)13-25-21(23-2)26-14-17-8-5-7-16-9-6-12-24-20(16)17;/h3-12,15H,13-14H2,1-2H3,(H2,23,25,26);1H. The number of nitrogens with zero attached hydrogens (tertiary/aromatic N) is 2. The highest BCUT2D eigenvalue weighted by Gasteiger charge is 2.09. The minimum absolute atomic E-state index is 0. The fourth-order valence-corrected chi connectivity index (χ4v) is 2.75. The summed E-state index contributed by atoms with van der Waals surface area (Å²) < 4.78 is 19.3. The first-order valence-corrected chi connectivity index (χ1v) is 8.85. The molecule has 0 fully saturated rings. The van der Waals surface area contributed by atoms with Crippen LogP contribution in [0.25, 0.3) is 10.9 Å². The fraction of sp³-hybridized carbons (Fsp3) is 0.238. The lowest BCUT2D eigenvalue weighted by molar-refractivity contribution is 0.214. The third kappa shape index (κ3) is 5.79. The number of fused-ring (bicyclic) bond motifs is 1. The van der Waals surface area contributed by atoms with Crippen LogP contribution in [0.5, 0.6) is 5.75 Å². The zero-order valence-corrected chi connectivity index (χ0v) is 18.2. The second-order valence-electron chi connectivity index (χ2n) is 6.16. The van der Waals surface area contributed by atoms with Crippen molar-refractivity contribution in [1.82, 2.24) is 15.6 Å². The molecule has 0 aliphatic carbocycles. The molecule has 1 heterocycles. The second-order valence-corrected chi connectivity index (χ2v) is 6.16. The molecule has 0 aliphatic rings. The van der Waals surface area contributed by atoms with E-state index in [2.05, 4.69) is 20.6 Å². The van der Waals surface area contributed by atoms with Gasteiger partial charge in [-0.05, 0) is 30.7 Å². The van der Waals surface area contributed by atoms with E-state index < -0.39 is 0 Å². The molecule has 0 radical (unpaired) electrons. The number of aliphatic imine (C=N–C) groups is 1. The van der Waals surface area contributed by atoms with Crippen LogP contribution in [0.15, 0.2) is 65.8 Å². The van der Waals surface area contributed by atoms with Crippen LogP contribution in [-0.2, 0) is 6.54 Å². The summed E-state index contributed by atoms with van der Waals surface area (Å²) in [5, 5.41) is 7.58. The van der Waals surface area contributed by atoms with Crippen molar-refractivity contribution in [2.75, 3.05) is 13.6 Å². The molecule has 5 nitrogen and oxygen atoms in total. The molecule has 1 aromatic heterocycles. The summed E-state index contributed by atoms with van der Waals surface area (Å²) in [5.41, 5.74) is 2.06. The molecule has 1 atom stereocenters. The number of halogens is 2. The van der Waals surface area contributed by atoms with E-state index in [1.54, 1.807) is 31.4 Å². The number of aromatic nitrogens is 1. The molecule has 28 heavy (non-hydrogen) atoms. The van der Waals surface area contributed by atoms with Gasteiger partial charge in [-0.25, -0.2) is 4.39 Å². The molecular formula is C21H24FIN4O. The Balaban J connectivity index is 0.00000280. The van der Waals surface area contributed by atoms with E-state index in [0.717, 1.165) is 16.5 Å². The van der Waals surface area contributed by atoms with Gasteiger partial charge in [-0.15, -0.1) is 24.0 Å². The number of ether oxygens (including phenoxy) is 1. The molecule has 3 aromatic rings. The van der Waals surface area contributed by atoms with Gasteiger partial charge in [-0.1, -0.05) is 36.4 Å². The van der Waals surface area contributed by atoms with Gasteiger partial charge >= 0.3 is 0 Å². The maximum Gasteiger partial charge on any atom is 0.191 e. The van der Waals surface area contributed by atoms with Crippen molar-refractivity contribution in [2.45, 2.75) is 19.6 Å². The number of benzene rings is 2. The molecule has 7 heteroatoms. The molecule has 148 valence electrons. The van der Waals surface area contributed by atoms with Gasteiger partial charge in [0, 0.05) is 25.2 Å². The molecular weight excluding hydrogens is 470 g/mol. The average molecular weight is 494 g/mol. The van der Waals surface area contributed by atoms with Crippen LogP contribution in [0.4, 0.5) is 4.39 Å². The Kier molecular flexibility index (Phi) is 8.43. The number of pyridine rings is 1. The quantitative estimate of drug-likeness (QED) is 0.308. The number of hydrogen-bond donors (Lipinski definition) is 2. The molecule has 2 N–H and O–H groups in total. The molecule has 2 aromatic carbocycles. The first-order valence-electron chi connectivity index (χ1n) is 8.85. The zero-order chi connectivity index (χ0) is 19.1. The average Bonchev–Trinajstić information content (AvgIpc) is 2.70. The van der Waals surface area contributed by atoms with Gasteiger partial charge in [-0.3, -0.25) is 9.98 Å². The Hall–Kier alpha value is -2.42. The Morgan fingerprint density at radius 2 is 1.89 bits per heavy atom. The number of rotatable bonds is 6. The molecule has 3 rings (SSSR count). The molecule has 0 saturated heterocycles. The topological polar surface area (TPSA) is 58.5 Å². The maximum atomic E-state index is 13.7. The van der Waals surface area contributed by atoms with Crippen LogP contribution < -0.4 is 15.4 Å². The van der Waals surface area contributed by atoms with Crippen molar-refractivity contribution in [3.8, 4) is 5.75 Å². The molecule has 0 spiro atoms. The number of para-hydroxylation sites is 2. The summed E-state index contributed by atoms with van der Waals surface area (Å²) in [6.07, 6.45) is 1.57. The van der Waals surface area contributed by atoms with Crippen molar-refractivity contribution < 1.29 is 9.13 Å². The Bertz CT molecular complexity index is 930. The van der Waals surface area contributed by atoms with Crippen LogP contribution in [0.1, 0.15) is 12.5 Å². The van der Waals surface area contributed by atoms with Gasteiger partial charge in [0.1, 0.15) is 6.10 Å². The largest absolute Gasteiger partial charge is 0.486 e. The smallest absolute Gasteiger partial charge is 0.191 e. The lowest BCUT2D eigenvalue weighted by Gasteiger charge is -2.18. The third-order valence-electron chi connectivity index (χ3n) is 4.11. The SMILES string of the molecule is CN=C(NCc1cccc2cccnc12)NCC(C)Oc1ccccc1F.I. The Labute approximate surface area is 181 Å². The van der Waals surface area contributed by atoms with E-state index in [1.165, 1.54) is 6.07 Å². The summed E-state index contributed by atoms with van der Waals surface area (Å²) in [4.78, 5) is 8.68. The summed E-state index contributed by atoms with van der Waals surface area (Å²) >= 11 is 0. The predicted molar refractivity (Wildman–Crippen MR) is 122 cm³/mol. The first-order chi connectivity index (χ1) is 13.2. The van der Waals surface area contributed by atoms with Gasteiger partial charge in [-0.2, -0.15) is 0 Å². The molecule has 0 bridgehead atoms. The highest BCUT2D eigenvalue weighted by atomic mass is 127. The van der Waals surface area contributed by atoms with Crippen LogP contribution in [0, 0.1) is 5.82 Å². The number of guanidine groups is 1. The van der Waals surface area contributed by atoms with Crippen molar-refractivity contribution >= 4 is 40.8 Å². The Morgan fingerprint density at radius 1 is 1.11 bits per heavy atom. The summed E-state index contributed by atoms with van der Waals surface area (Å²) in [7, 11) is 1.71. The molecule has 0 saturated carbocycles. The molecule has 1 unspecified atom stereocenters. The normalized spacial score (nSPS) is 12.2. The van der Waals surface area contributed by atoms with E-state index in [0.29, 0.717) is 19.0 Å². The molecule has 0 amide bonds. The van der Waals surface area contributed by atoms with Crippen molar-refractivity contribution in [2.24, 2.45) is 4.99 Å². The Morgan fingerprint density at radius 3 is 2.68 bits per heavy atom. The minimum Gasteiger partial charge on any atom is -0.486 e. The number of nitrogens with one attached hydrogen (secondary N) is 2. The highest BCUT2D eigenvalue weighted by molar-refractivity contribution is 14.0. The van der Waals surface area contributed by atoms with Crippen molar-refractivity contribution in [1.29, 1.82) is 0 Å². The first kappa shape index (κ1) is 21.9. The van der Waals surface area contributed by atoms with E-state index in [1.807, 2.05) is 37.3 Å². The summed E-state index contributed by atoms with van der Waals surface area (Å²) in [5.74, 6) is 0.527. The van der Waals surface area contributed by atoms with Gasteiger partial charge in [0.05, 0.1) is 12.1 Å². The number of hydrogen-bond acceptors (Lipinski definition) is 3. The van der Waals surface area contributed by atoms with Crippen LogP contribution in [0.3, 0.4) is 0 Å². The van der Waals surface area contributed by atoms with Crippen molar-refractivity contribution in [3.05, 3.63) is 72.2 Å². The highest BCUT2D eigenvalue weighted by Crippen LogP contribution is 2.17. The van der Waals surface area contributed by atoms with Gasteiger partial charge in [0.15, 0.2) is 17.5 Å². The monoisotopic (exact) mass is 494 g/mol. The van der Waals surface area contributed by atoms with Crippen LogP contribution >= 0.6 is 24.0 Å². The van der Waals surface area contributed by atoms with Crippen LogP contribution in [0.2, 0.25) is 0 Å². The van der Waals surface area contributed by atoms with Gasteiger partial charge in [0.25, 0.3) is 0 Å². The van der Waals surface area contributed by atoms with Crippen LogP contribution in [-0.4, -0.2) is 30.6 Å². The minimum atomic E-state index is -0.365. The fourth-order valence-electron chi connectivity index (χ4n) is 2.75. The molecule has 0 aliphatic heterocycles. The summed E-state index contributed by atoms with van der Waals surface area (Å²) in [6, 6.07) is 16.5. The van der Waals surface area contributed by atoms with E-state index in [4.69, 9.17) is 4.74 Å². The maximum absolute atomic E-state index is 13.7. The van der Waals surface area contributed by atoms with Gasteiger partial charge < -0.3 is 15.4 Å². The third-order valence-corrected chi connectivity index (χ3v) is 4.11. The lowest BCUT2D eigenvalue weighted by Crippen LogP contribution is -2.41. The lowest BCUT2D eigenvalue weighted by atomic mass is 10.1. The summed E-state index contributed by atoms with van der Waals surface area (Å²) in [6.45, 7) is 2.96. The van der Waals surface area contributed by atoms with Gasteiger partial charge in [0.2, 0.25) is 0 Å².